The number of benzene rings is 1. The SMILES string of the molecule is NC(=S)CC(N)=Nc1ccccc1. The molecule has 1 aromatic rings. The average molecular weight is 193 g/mol. The zero-order chi connectivity index (χ0) is 9.68. The highest BCUT2D eigenvalue weighted by molar-refractivity contribution is 7.80. The third-order valence-electron chi connectivity index (χ3n) is 1.38. The third kappa shape index (κ3) is 3.66. The van der Waals surface area contributed by atoms with Gasteiger partial charge in [0.05, 0.1) is 17.1 Å². The molecule has 0 aliphatic heterocycles. The highest BCUT2D eigenvalue weighted by Crippen LogP contribution is 2.09. The Kier molecular flexibility index (Phi) is 3.40. The van der Waals surface area contributed by atoms with Crippen LogP contribution in [0.2, 0.25) is 0 Å². The fourth-order valence-corrected chi connectivity index (χ4v) is 1.03. The summed E-state index contributed by atoms with van der Waals surface area (Å²) >= 11 is 4.70. The van der Waals surface area contributed by atoms with Gasteiger partial charge >= 0.3 is 0 Å². The summed E-state index contributed by atoms with van der Waals surface area (Å²) in [5, 5.41) is 0. The molecule has 0 saturated heterocycles. The third-order valence-corrected chi connectivity index (χ3v) is 1.53. The maximum Gasteiger partial charge on any atom is 0.106 e. The molecule has 0 aliphatic carbocycles. The van der Waals surface area contributed by atoms with E-state index in [1.54, 1.807) is 0 Å². The van der Waals surface area contributed by atoms with Gasteiger partial charge in [-0.25, -0.2) is 4.99 Å². The van der Waals surface area contributed by atoms with Crippen LogP contribution in [0.1, 0.15) is 6.42 Å². The Balaban J connectivity index is 2.71. The smallest absolute Gasteiger partial charge is 0.106 e. The number of nitrogens with zero attached hydrogens (tertiary/aromatic N) is 1. The number of hydrogen-bond donors (Lipinski definition) is 2. The first-order chi connectivity index (χ1) is 6.18. The molecule has 0 heterocycles. The highest BCUT2D eigenvalue weighted by Gasteiger charge is 1.95. The van der Waals surface area contributed by atoms with E-state index in [2.05, 4.69) is 4.99 Å². The Morgan fingerprint density at radius 2 is 1.85 bits per heavy atom. The van der Waals surface area contributed by atoms with Crippen LogP contribution in [0.5, 0.6) is 0 Å². The zero-order valence-corrected chi connectivity index (χ0v) is 7.92. The van der Waals surface area contributed by atoms with Crippen molar-refractivity contribution in [2.45, 2.75) is 6.42 Å². The molecule has 68 valence electrons. The van der Waals surface area contributed by atoms with E-state index in [-0.39, 0.29) is 0 Å². The first kappa shape index (κ1) is 9.67. The lowest BCUT2D eigenvalue weighted by Gasteiger charge is -1.98. The van der Waals surface area contributed by atoms with Gasteiger partial charge in [0.25, 0.3) is 0 Å². The van der Waals surface area contributed by atoms with Crippen LogP contribution in [0.15, 0.2) is 35.3 Å². The molecule has 1 aromatic carbocycles. The lowest BCUT2D eigenvalue weighted by atomic mass is 10.3. The van der Waals surface area contributed by atoms with Gasteiger partial charge in [0, 0.05) is 0 Å². The predicted molar refractivity (Wildman–Crippen MR) is 59.1 cm³/mol. The number of aliphatic imine (C=N–C) groups is 1. The number of nitrogens with two attached hydrogens (primary N) is 2. The van der Waals surface area contributed by atoms with Gasteiger partial charge in [-0.1, -0.05) is 30.4 Å². The molecule has 0 saturated carbocycles. The van der Waals surface area contributed by atoms with Crippen LogP contribution < -0.4 is 11.5 Å². The maximum atomic E-state index is 5.59. The van der Waals surface area contributed by atoms with Gasteiger partial charge in [-0.15, -0.1) is 0 Å². The van der Waals surface area contributed by atoms with Gasteiger partial charge in [0.15, 0.2) is 0 Å². The van der Waals surface area contributed by atoms with Crippen molar-refractivity contribution in [1.82, 2.24) is 0 Å². The van der Waals surface area contributed by atoms with Crippen molar-refractivity contribution in [1.29, 1.82) is 0 Å². The molecule has 0 aromatic heterocycles. The first-order valence-electron chi connectivity index (χ1n) is 3.85. The van der Waals surface area contributed by atoms with Gasteiger partial charge in [0.2, 0.25) is 0 Å². The summed E-state index contributed by atoms with van der Waals surface area (Å²) in [7, 11) is 0. The van der Waals surface area contributed by atoms with Crippen molar-refractivity contribution in [2.75, 3.05) is 0 Å². The zero-order valence-electron chi connectivity index (χ0n) is 7.10. The second-order valence-electron chi connectivity index (χ2n) is 2.58. The summed E-state index contributed by atoms with van der Waals surface area (Å²) in [5.74, 6) is 0.443. The predicted octanol–water partition coefficient (Wildman–Crippen LogP) is 1.35. The van der Waals surface area contributed by atoms with Gasteiger partial charge < -0.3 is 11.5 Å². The van der Waals surface area contributed by atoms with Crippen molar-refractivity contribution in [2.24, 2.45) is 16.5 Å². The lowest BCUT2D eigenvalue weighted by Crippen LogP contribution is -2.20. The highest BCUT2D eigenvalue weighted by atomic mass is 32.1. The molecule has 0 bridgehead atoms. The van der Waals surface area contributed by atoms with Gasteiger partial charge in [-0.05, 0) is 12.1 Å². The van der Waals surface area contributed by atoms with Crippen LogP contribution in [0.25, 0.3) is 0 Å². The van der Waals surface area contributed by atoms with Crippen LogP contribution in [0, 0.1) is 0 Å². The van der Waals surface area contributed by atoms with E-state index in [0.29, 0.717) is 17.2 Å². The molecular weight excluding hydrogens is 182 g/mol. The van der Waals surface area contributed by atoms with Crippen molar-refractivity contribution >= 4 is 28.7 Å². The van der Waals surface area contributed by atoms with Crippen molar-refractivity contribution in [3.05, 3.63) is 30.3 Å². The molecule has 4 heteroatoms. The minimum Gasteiger partial charge on any atom is -0.393 e. The van der Waals surface area contributed by atoms with Crippen molar-refractivity contribution < 1.29 is 0 Å². The average Bonchev–Trinajstić information content (AvgIpc) is 2.04. The second kappa shape index (κ2) is 4.57. The molecule has 0 spiro atoms. The monoisotopic (exact) mass is 193 g/mol. The summed E-state index contributed by atoms with van der Waals surface area (Å²) in [6.45, 7) is 0. The molecule has 13 heavy (non-hydrogen) atoms. The molecular formula is C9H11N3S. The van der Waals surface area contributed by atoms with E-state index in [1.165, 1.54) is 0 Å². The van der Waals surface area contributed by atoms with E-state index in [1.807, 2.05) is 30.3 Å². The first-order valence-corrected chi connectivity index (χ1v) is 4.25. The fraction of sp³-hybridized carbons (Fsp3) is 0.111. The molecule has 0 atom stereocenters. The number of thiocarbonyl (C=S) groups is 1. The standard InChI is InChI=1S/C9H11N3S/c10-8(6-9(11)13)12-7-4-2-1-3-5-7/h1-5H,6H2,(H2,10,12)(H2,11,13). The minimum absolute atomic E-state index is 0.359. The van der Waals surface area contributed by atoms with E-state index < -0.39 is 0 Å². The summed E-state index contributed by atoms with van der Waals surface area (Å²) in [5.41, 5.74) is 11.7. The summed E-state index contributed by atoms with van der Waals surface area (Å²) < 4.78 is 0. The number of hydrogen-bond acceptors (Lipinski definition) is 2. The van der Waals surface area contributed by atoms with Crippen molar-refractivity contribution in [3.63, 3.8) is 0 Å². The van der Waals surface area contributed by atoms with E-state index in [0.717, 1.165) is 5.69 Å². The van der Waals surface area contributed by atoms with Crippen LogP contribution in [0.3, 0.4) is 0 Å². The Bertz CT molecular complexity index is 319. The minimum atomic E-state index is 0.359. The molecule has 1 rings (SSSR count). The van der Waals surface area contributed by atoms with Gasteiger partial charge in [0.1, 0.15) is 5.84 Å². The largest absolute Gasteiger partial charge is 0.393 e. The Morgan fingerprint density at radius 1 is 1.23 bits per heavy atom. The molecule has 3 nitrogen and oxygen atoms in total. The van der Waals surface area contributed by atoms with E-state index in [4.69, 9.17) is 23.7 Å². The summed E-state index contributed by atoms with van der Waals surface area (Å²) in [6, 6.07) is 9.45. The summed E-state index contributed by atoms with van der Waals surface area (Å²) in [4.78, 5) is 4.48. The quantitative estimate of drug-likeness (QED) is 0.432. The fourth-order valence-electron chi connectivity index (χ4n) is 0.886. The molecule has 4 N–H and O–H groups in total. The van der Waals surface area contributed by atoms with Crippen LogP contribution in [-0.4, -0.2) is 10.8 Å². The van der Waals surface area contributed by atoms with Crippen molar-refractivity contribution in [3.8, 4) is 0 Å². The number of amidine groups is 1. The van der Waals surface area contributed by atoms with E-state index in [9.17, 15) is 0 Å². The second-order valence-corrected chi connectivity index (χ2v) is 3.11. The Labute approximate surface area is 82.5 Å². The number of para-hydroxylation sites is 1. The molecule has 0 radical (unpaired) electrons. The number of rotatable bonds is 3. The topological polar surface area (TPSA) is 64.4 Å². The Morgan fingerprint density at radius 3 is 2.38 bits per heavy atom. The molecule has 0 amide bonds. The Hall–Kier alpha value is -1.42. The van der Waals surface area contributed by atoms with Crippen LogP contribution >= 0.6 is 12.2 Å². The van der Waals surface area contributed by atoms with Crippen LogP contribution in [0.4, 0.5) is 5.69 Å². The van der Waals surface area contributed by atoms with Gasteiger partial charge in [-0.3, -0.25) is 0 Å². The molecule has 0 aliphatic rings. The lowest BCUT2D eigenvalue weighted by molar-refractivity contribution is 1.39. The molecule has 0 fully saturated rings. The summed E-state index contributed by atoms with van der Waals surface area (Å²) in [6.07, 6.45) is 0.365. The van der Waals surface area contributed by atoms with E-state index >= 15 is 0 Å². The van der Waals surface area contributed by atoms with Crippen LogP contribution in [-0.2, 0) is 0 Å². The normalized spacial score (nSPS) is 11.2. The maximum absolute atomic E-state index is 5.59. The van der Waals surface area contributed by atoms with Gasteiger partial charge in [-0.2, -0.15) is 0 Å². The molecule has 0 unspecified atom stereocenters.